The number of hydrogen-bond donors (Lipinski definition) is 0. The average Bonchev–Trinajstić information content (AvgIpc) is 3.32. The Bertz CT molecular complexity index is 622. The largest absolute Gasteiger partial charge is 0.454 e. The summed E-state index contributed by atoms with van der Waals surface area (Å²) in [7, 11) is 0. The highest BCUT2D eigenvalue weighted by atomic mass is 16.7. The fourth-order valence-electron chi connectivity index (χ4n) is 3.96. The number of piperazine rings is 1. The van der Waals surface area contributed by atoms with E-state index < -0.39 is 0 Å². The third-order valence-corrected chi connectivity index (χ3v) is 5.57. The number of nitrogens with zero attached hydrogens (tertiary/aromatic N) is 3. The molecule has 1 atom stereocenters. The molecule has 3 heterocycles. The predicted molar refractivity (Wildman–Crippen MR) is 94.7 cm³/mol. The molecule has 0 spiro atoms. The second-order valence-corrected chi connectivity index (χ2v) is 7.21. The van der Waals surface area contributed by atoms with Crippen LogP contribution >= 0.6 is 0 Å². The van der Waals surface area contributed by atoms with Crippen molar-refractivity contribution < 1.29 is 14.3 Å². The van der Waals surface area contributed by atoms with Gasteiger partial charge in [-0.1, -0.05) is 6.07 Å². The van der Waals surface area contributed by atoms with E-state index in [1.54, 1.807) is 0 Å². The lowest BCUT2D eigenvalue weighted by atomic mass is 10.1. The summed E-state index contributed by atoms with van der Waals surface area (Å²) in [5, 5.41) is 0. The van der Waals surface area contributed by atoms with E-state index in [0.29, 0.717) is 12.7 Å². The SMILES string of the molecule is C[C@@H](C(=O)N1CCCC1)N1CCN(Cc2ccc3c(c2)OCO3)CC1. The molecule has 1 amide bonds. The number of benzene rings is 1. The van der Waals surface area contributed by atoms with Gasteiger partial charge in [-0.2, -0.15) is 0 Å². The average molecular weight is 345 g/mol. The van der Waals surface area contributed by atoms with E-state index in [2.05, 4.69) is 28.9 Å². The van der Waals surface area contributed by atoms with Crippen LogP contribution in [-0.2, 0) is 11.3 Å². The van der Waals surface area contributed by atoms with Crippen molar-refractivity contribution >= 4 is 5.91 Å². The Hall–Kier alpha value is -1.79. The quantitative estimate of drug-likeness (QED) is 0.828. The summed E-state index contributed by atoms with van der Waals surface area (Å²) >= 11 is 0. The van der Waals surface area contributed by atoms with E-state index in [4.69, 9.17) is 9.47 Å². The van der Waals surface area contributed by atoms with Crippen LogP contribution in [0.5, 0.6) is 11.5 Å². The molecule has 1 aromatic rings. The lowest BCUT2D eigenvalue weighted by Gasteiger charge is -2.38. The number of hydrogen-bond acceptors (Lipinski definition) is 5. The number of carbonyl (C=O) groups is 1. The first-order valence-electron chi connectivity index (χ1n) is 9.34. The molecule has 0 bridgehead atoms. The topological polar surface area (TPSA) is 45.3 Å². The molecule has 2 saturated heterocycles. The maximum Gasteiger partial charge on any atom is 0.239 e. The molecule has 3 aliphatic rings. The van der Waals surface area contributed by atoms with Crippen molar-refractivity contribution in [2.45, 2.75) is 32.4 Å². The predicted octanol–water partition coefficient (Wildman–Crippen LogP) is 1.54. The van der Waals surface area contributed by atoms with E-state index in [-0.39, 0.29) is 6.04 Å². The number of rotatable bonds is 4. The third kappa shape index (κ3) is 3.60. The fraction of sp³-hybridized carbons (Fsp3) is 0.632. The van der Waals surface area contributed by atoms with Crippen molar-refractivity contribution in [1.29, 1.82) is 0 Å². The summed E-state index contributed by atoms with van der Waals surface area (Å²) in [6, 6.07) is 6.18. The second-order valence-electron chi connectivity index (χ2n) is 7.21. The normalized spacial score (nSPS) is 22.4. The summed E-state index contributed by atoms with van der Waals surface area (Å²) in [5.41, 5.74) is 1.25. The van der Waals surface area contributed by atoms with Crippen molar-refractivity contribution in [3.8, 4) is 11.5 Å². The van der Waals surface area contributed by atoms with Gasteiger partial charge < -0.3 is 14.4 Å². The van der Waals surface area contributed by atoms with Crippen LogP contribution in [0, 0.1) is 0 Å². The standard InChI is InChI=1S/C19H27N3O3/c1-15(19(23)22-6-2-3-7-22)21-10-8-20(9-11-21)13-16-4-5-17-18(12-16)25-14-24-17/h4-5,12,15H,2-3,6-11,13-14H2,1H3/t15-/m0/s1. The van der Waals surface area contributed by atoms with E-state index in [9.17, 15) is 4.79 Å². The molecule has 0 saturated carbocycles. The summed E-state index contributed by atoms with van der Waals surface area (Å²) in [4.78, 5) is 19.4. The van der Waals surface area contributed by atoms with Gasteiger partial charge in [0.15, 0.2) is 11.5 Å². The number of likely N-dealkylation sites (tertiary alicyclic amines) is 1. The number of amides is 1. The van der Waals surface area contributed by atoms with Crippen molar-refractivity contribution in [2.24, 2.45) is 0 Å². The summed E-state index contributed by atoms with van der Waals surface area (Å²) in [5.74, 6) is 1.99. The van der Waals surface area contributed by atoms with Gasteiger partial charge in [0.25, 0.3) is 0 Å². The highest BCUT2D eigenvalue weighted by Gasteiger charge is 2.29. The minimum absolute atomic E-state index is 0.00536. The second kappa shape index (κ2) is 7.22. The molecule has 0 aromatic heterocycles. The van der Waals surface area contributed by atoms with Gasteiger partial charge in [-0.15, -0.1) is 0 Å². The molecular formula is C19H27N3O3. The van der Waals surface area contributed by atoms with Crippen LogP contribution in [0.15, 0.2) is 18.2 Å². The first-order chi connectivity index (χ1) is 12.2. The minimum atomic E-state index is 0.00536. The molecule has 25 heavy (non-hydrogen) atoms. The Morgan fingerprint density at radius 3 is 2.52 bits per heavy atom. The van der Waals surface area contributed by atoms with Crippen LogP contribution in [0.1, 0.15) is 25.3 Å². The Kier molecular flexibility index (Phi) is 4.81. The molecule has 1 aromatic carbocycles. The van der Waals surface area contributed by atoms with Crippen LogP contribution in [0.3, 0.4) is 0 Å². The third-order valence-electron chi connectivity index (χ3n) is 5.57. The molecule has 0 unspecified atom stereocenters. The maximum atomic E-state index is 12.6. The summed E-state index contributed by atoms with van der Waals surface area (Å²) in [6.45, 7) is 9.06. The van der Waals surface area contributed by atoms with Crippen LogP contribution in [-0.4, -0.2) is 72.7 Å². The molecule has 0 N–H and O–H groups in total. The lowest BCUT2D eigenvalue weighted by molar-refractivity contribution is -0.136. The van der Waals surface area contributed by atoms with Gasteiger partial charge in [0.2, 0.25) is 12.7 Å². The first kappa shape index (κ1) is 16.7. The summed E-state index contributed by atoms with van der Waals surface area (Å²) < 4.78 is 10.8. The van der Waals surface area contributed by atoms with Gasteiger partial charge in [0.05, 0.1) is 6.04 Å². The van der Waals surface area contributed by atoms with Gasteiger partial charge in [-0.3, -0.25) is 14.6 Å². The molecule has 136 valence electrons. The Balaban J connectivity index is 1.28. The van der Waals surface area contributed by atoms with E-state index >= 15 is 0 Å². The van der Waals surface area contributed by atoms with Crippen LogP contribution < -0.4 is 9.47 Å². The summed E-state index contributed by atoms with van der Waals surface area (Å²) in [6.07, 6.45) is 2.31. The highest BCUT2D eigenvalue weighted by molar-refractivity contribution is 5.81. The smallest absolute Gasteiger partial charge is 0.239 e. The van der Waals surface area contributed by atoms with Gasteiger partial charge in [0, 0.05) is 45.8 Å². The highest BCUT2D eigenvalue weighted by Crippen LogP contribution is 2.32. The lowest BCUT2D eigenvalue weighted by Crippen LogP contribution is -2.54. The van der Waals surface area contributed by atoms with Gasteiger partial charge in [0.1, 0.15) is 0 Å². The minimum Gasteiger partial charge on any atom is -0.454 e. The monoisotopic (exact) mass is 345 g/mol. The van der Waals surface area contributed by atoms with E-state index in [0.717, 1.165) is 70.2 Å². The molecule has 0 aliphatic carbocycles. The van der Waals surface area contributed by atoms with E-state index in [1.807, 2.05) is 11.0 Å². The first-order valence-corrected chi connectivity index (χ1v) is 9.34. The Labute approximate surface area is 149 Å². The van der Waals surface area contributed by atoms with E-state index in [1.165, 1.54) is 5.56 Å². The van der Waals surface area contributed by atoms with Gasteiger partial charge >= 0.3 is 0 Å². The fourth-order valence-corrected chi connectivity index (χ4v) is 3.96. The van der Waals surface area contributed by atoms with Gasteiger partial charge in [-0.25, -0.2) is 0 Å². The van der Waals surface area contributed by atoms with Crippen LogP contribution in [0.2, 0.25) is 0 Å². The molecular weight excluding hydrogens is 318 g/mol. The zero-order chi connectivity index (χ0) is 17.2. The van der Waals surface area contributed by atoms with Crippen molar-refractivity contribution in [1.82, 2.24) is 14.7 Å². The van der Waals surface area contributed by atoms with Crippen molar-refractivity contribution in [2.75, 3.05) is 46.1 Å². The van der Waals surface area contributed by atoms with Crippen molar-refractivity contribution in [3.63, 3.8) is 0 Å². The molecule has 0 radical (unpaired) electrons. The van der Waals surface area contributed by atoms with Gasteiger partial charge in [-0.05, 0) is 37.5 Å². The Morgan fingerprint density at radius 1 is 1.04 bits per heavy atom. The van der Waals surface area contributed by atoms with Crippen LogP contribution in [0.4, 0.5) is 0 Å². The number of carbonyl (C=O) groups excluding carboxylic acids is 1. The van der Waals surface area contributed by atoms with Crippen LogP contribution in [0.25, 0.3) is 0 Å². The maximum absolute atomic E-state index is 12.6. The van der Waals surface area contributed by atoms with Crippen molar-refractivity contribution in [3.05, 3.63) is 23.8 Å². The Morgan fingerprint density at radius 2 is 1.76 bits per heavy atom. The molecule has 4 rings (SSSR count). The molecule has 2 fully saturated rings. The number of fused-ring (bicyclic) bond motifs is 1. The zero-order valence-electron chi connectivity index (χ0n) is 14.9. The molecule has 3 aliphatic heterocycles. The molecule has 6 heteroatoms. The molecule has 6 nitrogen and oxygen atoms in total. The zero-order valence-corrected chi connectivity index (χ0v) is 14.9. The number of ether oxygens (including phenoxy) is 2.